The Hall–Kier alpha value is -3.70. The zero-order valence-corrected chi connectivity index (χ0v) is 19.9. The molecule has 0 spiro atoms. The summed E-state index contributed by atoms with van der Waals surface area (Å²) in [6.45, 7) is 1.37. The van der Waals surface area contributed by atoms with E-state index in [0.717, 1.165) is 23.9 Å². The van der Waals surface area contributed by atoms with Gasteiger partial charge in [-0.1, -0.05) is 0 Å². The van der Waals surface area contributed by atoms with Gasteiger partial charge < -0.3 is 14.5 Å². The van der Waals surface area contributed by atoms with E-state index in [1.165, 1.54) is 9.13 Å². The summed E-state index contributed by atoms with van der Waals surface area (Å²) in [7, 11) is 1.80. The lowest BCUT2D eigenvalue weighted by Gasteiger charge is -2.24. The van der Waals surface area contributed by atoms with E-state index in [1.54, 1.807) is 42.5 Å². The number of anilines is 2. The summed E-state index contributed by atoms with van der Waals surface area (Å²) in [5.74, 6) is -4.85. The van der Waals surface area contributed by atoms with E-state index in [1.807, 2.05) is 13.0 Å². The van der Waals surface area contributed by atoms with Gasteiger partial charge >= 0.3 is 0 Å². The van der Waals surface area contributed by atoms with Crippen LogP contribution in [0.3, 0.4) is 0 Å². The number of nitrogens with one attached hydrogen (secondary N) is 1. The quantitative estimate of drug-likeness (QED) is 0.393. The van der Waals surface area contributed by atoms with Crippen molar-refractivity contribution in [3.63, 3.8) is 0 Å². The Balaban J connectivity index is 1.44. The molecule has 2 aliphatic rings. The molecule has 188 valence electrons. The van der Waals surface area contributed by atoms with Crippen LogP contribution in [0.4, 0.5) is 29.2 Å². The van der Waals surface area contributed by atoms with Crippen molar-refractivity contribution in [2.24, 2.45) is 7.05 Å². The van der Waals surface area contributed by atoms with E-state index < -0.39 is 30.3 Å². The molecule has 0 atom stereocenters. The van der Waals surface area contributed by atoms with Crippen molar-refractivity contribution < 1.29 is 17.6 Å². The molecule has 5 heterocycles. The normalized spacial score (nSPS) is 17.9. The van der Waals surface area contributed by atoms with Gasteiger partial charge in [-0.25, -0.2) is 22.5 Å². The lowest BCUT2D eigenvalue weighted by atomic mass is 9.98. The van der Waals surface area contributed by atoms with Gasteiger partial charge in [-0.05, 0) is 43.0 Å². The van der Waals surface area contributed by atoms with Crippen LogP contribution in [0.25, 0.3) is 22.6 Å². The maximum absolute atomic E-state index is 15.1. The van der Waals surface area contributed by atoms with Crippen LogP contribution in [0.15, 0.2) is 36.8 Å². The highest BCUT2D eigenvalue weighted by Gasteiger charge is 2.63. The second-order valence-corrected chi connectivity index (χ2v) is 9.85. The average molecular weight is 501 g/mol. The van der Waals surface area contributed by atoms with E-state index in [9.17, 15) is 8.78 Å². The largest absolute Gasteiger partial charge is 0.338 e. The zero-order chi connectivity index (χ0) is 25.5. The first-order valence-electron chi connectivity index (χ1n) is 11.6. The number of rotatable bonds is 5. The van der Waals surface area contributed by atoms with Crippen molar-refractivity contribution in [1.82, 2.24) is 34.1 Å². The number of fused-ring (bicyclic) bond motifs is 3. The molecule has 4 aromatic rings. The van der Waals surface area contributed by atoms with E-state index >= 15 is 8.78 Å². The minimum absolute atomic E-state index is 0.0661. The van der Waals surface area contributed by atoms with E-state index in [4.69, 9.17) is 0 Å². The first kappa shape index (κ1) is 22.7. The number of alkyl halides is 4. The second-order valence-electron chi connectivity index (χ2n) is 9.85. The van der Waals surface area contributed by atoms with Gasteiger partial charge in [0.05, 0.1) is 30.4 Å². The first-order chi connectivity index (χ1) is 17.0. The Morgan fingerprint density at radius 2 is 1.89 bits per heavy atom. The Morgan fingerprint density at radius 3 is 2.56 bits per heavy atom. The molecule has 0 bridgehead atoms. The van der Waals surface area contributed by atoms with Crippen LogP contribution in [-0.2, 0) is 25.6 Å². The molecule has 12 heteroatoms. The number of pyridine rings is 1. The second kappa shape index (κ2) is 7.40. The van der Waals surface area contributed by atoms with Gasteiger partial charge in [-0.2, -0.15) is 5.10 Å². The highest BCUT2D eigenvalue weighted by Crippen LogP contribution is 2.58. The Labute approximate surface area is 204 Å². The summed E-state index contributed by atoms with van der Waals surface area (Å²) in [5.41, 5.74) is 1.20. The standard InChI is InChI=1S/C24H24F4N8/c1-14-10-29-18(31-19-4-7-30-34(19)3)9-16(14)15-8-17-20-32-33-21(23(5-6-23)22(2,25)26)36(20)13-24(27,28)12-35(17)11-15/h4,7-11H,5-6,12-13H2,1-3H3,(H,29,31). The third kappa shape index (κ3) is 3.49. The molecule has 36 heavy (non-hydrogen) atoms. The number of aryl methyl sites for hydroxylation is 2. The first-order valence-corrected chi connectivity index (χ1v) is 11.6. The fraction of sp³-hybridized carbons (Fsp3) is 0.417. The monoisotopic (exact) mass is 500 g/mol. The van der Waals surface area contributed by atoms with E-state index in [0.29, 0.717) is 17.1 Å². The van der Waals surface area contributed by atoms with Gasteiger partial charge in [-0.15, -0.1) is 10.2 Å². The van der Waals surface area contributed by atoms with E-state index in [-0.39, 0.29) is 24.5 Å². The van der Waals surface area contributed by atoms with Gasteiger partial charge in [0.1, 0.15) is 17.5 Å². The predicted octanol–water partition coefficient (Wildman–Crippen LogP) is 4.93. The van der Waals surface area contributed by atoms with Gasteiger partial charge in [-0.3, -0.25) is 4.68 Å². The third-order valence-corrected chi connectivity index (χ3v) is 7.18. The Kier molecular flexibility index (Phi) is 4.68. The summed E-state index contributed by atoms with van der Waals surface area (Å²) in [5, 5.41) is 15.5. The van der Waals surface area contributed by atoms with Crippen molar-refractivity contribution in [3.05, 3.63) is 48.2 Å². The lowest BCUT2D eigenvalue weighted by molar-refractivity contribution is -0.0399. The molecular weight excluding hydrogens is 476 g/mol. The summed E-state index contributed by atoms with van der Waals surface area (Å²) >= 11 is 0. The predicted molar refractivity (Wildman–Crippen MR) is 124 cm³/mol. The molecule has 1 N–H and O–H groups in total. The zero-order valence-electron chi connectivity index (χ0n) is 19.9. The SMILES string of the molecule is Cc1cnc(Nc2ccnn2C)cc1-c1cc2n(c1)CC(F)(F)Cn1c-2nnc1C1(C(C)(F)F)CC1. The molecule has 0 unspecified atom stereocenters. The summed E-state index contributed by atoms with van der Waals surface area (Å²) in [6.07, 6.45) is 5.38. The smallest absolute Gasteiger partial charge is 0.283 e. The molecule has 0 saturated heterocycles. The van der Waals surface area contributed by atoms with Crippen LogP contribution in [0, 0.1) is 6.92 Å². The maximum Gasteiger partial charge on any atom is 0.283 e. The third-order valence-electron chi connectivity index (χ3n) is 7.18. The van der Waals surface area contributed by atoms with Crippen molar-refractivity contribution in [2.75, 3.05) is 5.32 Å². The number of aromatic nitrogens is 7. The van der Waals surface area contributed by atoms with Crippen LogP contribution in [0.2, 0.25) is 0 Å². The highest BCUT2D eigenvalue weighted by molar-refractivity contribution is 5.75. The molecule has 1 aliphatic heterocycles. The van der Waals surface area contributed by atoms with Crippen LogP contribution in [0.1, 0.15) is 31.2 Å². The topological polar surface area (TPSA) is 78.4 Å². The highest BCUT2D eigenvalue weighted by atomic mass is 19.3. The van der Waals surface area contributed by atoms with Crippen molar-refractivity contribution in [2.45, 2.75) is 57.0 Å². The molecule has 4 aromatic heterocycles. The minimum Gasteiger partial charge on any atom is -0.338 e. The molecule has 0 aromatic carbocycles. The average Bonchev–Trinajstić information content (AvgIpc) is 3.20. The number of nitrogens with zero attached hydrogens (tertiary/aromatic N) is 7. The molecule has 8 nitrogen and oxygen atoms in total. The number of hydrogen-bond acceptors (Lipinski definition) is 5. The lowest BCUT2D eigenvalue weighted by Crippen LogP contribution is -2.35. The molecule has 1 fully saturated rings. The van der Waals surface area contributed by atoms with E-state index in [2.05, 4.69) is 25.6 Å². The maximum atomic E-state index is 15.1. The fourth-order valence-electron chi connectivity index (χ4n) is 5.02. The van der Waals surface area contributed by atoms with Crippen molar-refractivity contribution in [1.29, 1.82) is 0 Å². The summed E-state index contributed by atoms with van der Waals surface area (Å²) in [4.78, 5) is 4.42. The van der Waals surface area contributed by atoms with Crippen molar-refractivity contribution >= 4 is 11.6 Å². The minimum atomic E-state index is -3.17. The molecule has 6 rings (SSSR count). The number of halogens is 4. The van der Waals surface area contributed by atoms with Crippen LogP contribution in [0.5, 0.6) is 0 Å². The fourth-order valence-corrected chi connectivity index (χ4v) is 5.02. The van der Waals surface area contributed by atoms with Crippen LogP contribution in [-0.4, -0.2) is 45.9 Å². The van der Waals surface area contributed by atoms with Gasteiger partial charge in [0.25, 0.3) is 11.8 Å². The van der Waals surface area contributed by atoms with Gasteiger partial charge in [0, 0.05) is 38.0 Å². The van der Waals surface area contributed by atoms with Crippen LogP contribution < -0.4 is 5.32 Å². The Bertz CT molecular complexity index is 1470. The molecule has 0 amide bonds. The molecule has 1 saturated carbocycles. The number of hydrogen-bond donors (Lipinski definition) is 1. The Morgan fingerprint density at radius 1 is 1.11 bits per heavy atom. The summed E-state index contributed by atoms with van der Waals surface area (Å²) < 4.78 is 63.4. The van der Waals surface area contributed by atoms with Gasteiger partial charge in [0.2, 0.25) is 0 Å². The van der Waals surface area contributed by atoms with Crippen molar-refractivity contribution in [3.8, 4) is 22.6 Å². The van der Waals surface area contributed by atoms with Gasteiger partial charge in [0.15, 0.2) is 5.82 Å². The molecule has 0 radical (unpaired) electrons. The summed E-state index contributed by atoms with van der Waals surface area (Å²) in [6, 6.07) is 5.40. The molecular formula is C24H24F4N8. The van der Waals surface area contributed by atoms with Crippen LogP contribution >= 0.6 is 0 Å². The molecule has 1 aliphatic carbocycles.